The SMILES string of the molecule is CNC(=O)c1c(-c2ccc(F)cc2)oc2cc(N(CCCOCc3ccccc3)S(C)(=O)=O)c(C3CC3)cc12. The van der Waals surface area contributed by atoms with Crippen molar-refractivity contribution in [3.05, 3.63) is 89.2 Å². The number of amides is 1. The van der Waals surface area contributed by atoms with E-state index >= 15 is 0 Å². The molecular formula is C30H31FN2O5S. The van der Waals surface area contributed by atoms with E-state index in [1.807, 2.05) is 36.4 Å². The molecule has 9 heteroatoms. The van der Waals surface area contributed by atoms with Crippen molar-refractivity contribution in [3.63, 3.8) is 0 Å². The lowest BCUT2D eigenvalue weighted by Crippen LogP contribution is -2.32. The fourth-order valence-corrected chi connectivity index (χ4v) is 5.76. The summed E-state index contributed by atoms with van der Waals surface area (Å²) in [5.41, 5.74) is 3.76. The van der Waals surface area contributed by atoms with E-state index in [1.165, 1.54) is 29.7 Å². The number of anilines is 1. The van der Waals surface area contributed by atoms with E-state index in [-0.39, 0.29) is 18.4 Å². The van der Waals surface area contributed by atoms with Gasteiger partial charge in [-0.3, -0.25) is 9.10 Å². The number of nitrogens with zero attached hydrogens (tertiary/aromatic N) is 1. The Hall–Kier alpha value is -3.69. The van der Waals surface area contributed by atoms with Crippen LogP contribution in [0.5, 0.6) is 0 Å². The minimum absolute atomic E-state index is 0.199. The smallest absolute Gasteiger partial charge is 0.255 e. The van der Waals surface area contributed by atoms with Gasteiger partial charge in [0.2, 0.25) is 10.0 Å². The lowest BCUT2D eigenvalue weighted by atomic mass is 10.0. The van der Waals surface area contributed by atoms with Gasteiger partial charge in [-0.05, 0) is 66.6 Å². The lowest BCUT2D eigenvalue weighted by molar-refractivity contribution is 0.0964. The van der Waals surface area contributed by atoms with Crippen LogP contribution in [0.15, 0.2) is 71.1 Å². The molecule has 4 aromatic rings. The lowest BCUT2D eigenvalue weighted by Gasteiger charge is -2.25. The second-order valence-electron chi connectivity index (χ2n) is 9.80. The van der Waals surface area contributed by atoms with E-state index in [9.17, 15) is 17.6 Å². The van der Waals surface area contributed by atoms with Crippen LogP contribution in [0.2, 0.25) is 0 Å². The summed E-state index contributed by atoms with van der Waals surface area (Å²) in [4.78, 5) is 13.0. The normalized spacial score (nSPS) is 13.5. The van der Waals surface area contributed by atoms with Gasteiger partial charge in [-0.2, -0.15) is 0 Å². The zero-order chi connectivity index (χ0) is 27.6. The molecule has 7 nitrogen and oxygen atoms in total. The molecule has 204 valence electrons. The summed E-state index contributed by atoms with van der Waals surface area (Å²) >= 11 is 0. The molecule has 1 saturated carbocycles. The van der Waals surface area contributed by atoms with E-state index in [4.69, 9.17) is 9.15 Å². The van der Waals surface area contributed by atoms with E-state index in [2.05, 4.69) is 5.32 Å². The first-order valence-electron chi connectivity index (χ1n) is 12.9. The molecular weight excluding hydrogens is 519 g/mol. The Morgan fingerprint density at radius 3 is 2.46 bits per heavy atom. The van der Waals surface area contributed by atoms with Crippen molar-refractivity contribution in [2.24, 2.45) is 0 Å². The predicted octanol–water partition coefficient (Wildman–Crippen LogP) is 5.85. The number of carbonyl (C=O) groups is 1. The Bertz CT molecular complexity index is 1580. The molecule has 0 aliphatic heterocycles. The van der Waals surface area contributed by atoms with Gasteiger partial charge in [0.25, 0.3) is 5.91 Å². The summed E-state index contributed by atoms with van der Waals surface area (Å²) in [6, 6.07) is 19.1. The van der Waals surface area contributed by atoms with Gasteiger partial charge in [0, 0.05) is 37.2 Å². The Labute approximate surface area is 227 Å². The summed E-state index contributed by atoms with van der Waals surface area (Å²) in [6.07, 6.45) is 3.58. The van der Waals surface area contributed by atoms with Gasteiger partial charge in [-0.25, -0.2) is 12.8 Å². The van der Waals surface area contributed by atoms with E-state index in [0.29, 0.717) is 53.2 Å². The fraction of sp³-hybridized carbons (Fsp3) is 0.300. The van der Waals surface area contributed by atoms with Crippen LogP contribution in [0.3, 0.4) is 0 Å². The van der Waals surface area contributed by atoms with E-state index in [1.54, 1.807) is 18.2 Å². The number of rotatable bonds is 11. The Balaban J connectivity index is 1.50. The Kier molecular flexibility index (Phi) is 7.72. The van der Waals surface area contributed by atoms with Crippen molar-refractivity contribution in [2.75, 3.05) is 30.8 Å². The number of hydrogen-bond acceptors (Lipinski definition) is 5. The largest absolute Gasteiger partial charge is 0.455 e. The number of benzene rings is 3. The van der Waals surface area contributed by atoms with E-state index < -0.39 is 15.8 Å². The topological polar surface area (TPSA) is 88.8 Å². The molecule has 0 saturated heterocycles. The molecule has 1 heterocycles. The molecule has 0 radical (unpaired) electrons. The molecule has 39 heavy (non-hydrogen) atoms. The average molecular weight is 551 g/mol. The summed E-state index contributed by atoms with van der Waals surface area (Å²) in [7, 11) is -2.08. The van der Waals surface area contributed by atoms with Crippen LogP contribution in [-0.4, -0.2) is 40.8 Å². The molecule has 0 bridgehead atoms. The maximum atomic E-state index is 13.6. The van der Waals surface area contributed by atoms with Gasteiger partial charge in [-0.15, -0.1) is 0 Å². The summed E-state index contributed by atoms with van der Waals surface area (Å²) in [6.45, 7) is 1.10. The van der Waals surface area contributed by atoms with Gasteiger partial charge < -0.3 is 14.5 Å². The van der Waals surface area contributed by atoms with Crippen molar-refractivity contribution in [3.8, 4) is 11.3 Å². The minimum Gasteiger partial charge on any atom is -0.455 e. The molecule has 0 spiro atoms. The predicted molar refractivity (Wildman–Crippen MR) is 150 cm³/mol. The summed E-state index contributed by atoms with van der Waals surface area (Å²) in [5.74, 6) is -0.225. The molecule has 1 fully saturated rings. The first-order valence-corrected chi connectivity index (χ1v) is 14.8. The highest BCUT2D eigenvalue weighted by Crippen LogP contribution is 2.48. The van der Waals surface area contributed by atoms with Gasteiger partial charge in [-0.1, -0.05) is 30.3 Å². The quantitative estimate of drug-likeness (QED) is 0.237. The van der Waals surface area contributed by atoms with Crippen LogP contribution in [0.4, 0.5) is 10.1 Å². The maximum absolute atomic E-state index is 13.6. The first kappa shape index (κ1) is 26.9. The molecule has 1 aliphatic carbocycles. The molecule has 5 rings (SSSR count). The highest BCUT2D eigenvalue weighted by atomic mass is 32.2. The van der Waals surface area contributed by atoms with Gasteiger partial charge >= 0.3 is 0 Å². The molecule has 1 N–H and O–H groups in total. The molecule has 1 amide bonds. The number of furan rings is 1. The standard InChI is InChI=1S/C30H31FN2O5S/c1-32-30(34)28-25-17-24(21-9-10-21)26(18-27(25)38-29(28)22-11-13-23(31)14-12-22)33(39(2,35)36)15-6-16-37-19-20-7-4-3-5-8-20/h3-5,7-8,11-14,17-18,21H,6,9-10,15-16,19H2,1-2H3,(H,32,34). The highest BCUT2D eigenvalue weighted by Gasteiger charge is 2.33. The zero-order valence-electron chi connectivity index (χ0n) is 21.9. The molecule has 1 aromatic heterocycles. The minimum atomic E-state index is -3.62. The van der Waals surface area contributed by atoms with Crippen molar-refractivity contribution < 1.29 is 26.8 Å². The zero-order valence-corrected chi connectivity index (χ0v) is 22.8. The summed E-state index contributed by atoms with van der Waals surface area (Å²) < 4.78 is 52.9. The van der Waals surface area contributed by atoms with Crippen molar-refractivity contribution in [2.45, 2.75) is 31.8 Å². The van der Waals surface area contributed by atoms with Gasteiger partial charge in [0.15, 0.2) is 0 Å². The number of hydrogen-bond donors (Lipinski definition) is 1. The van der Waals surface area contributed by atoms with E-state index in [0.717, 1.165) is 24.0 Å². The van der Waals surface area contributed by atoms with Crippen LogP contribution < -0.4 is 9.62 Å². The van der Waals surface area contributed by atoms with Crippen molar-refractivity contribution in [1.29, 1.82) is 0 Å². The van der Waals surface area contributed by atoms with Gasteiger partial charge in [0.1, 0.15) is 17.2 Å². The molecule has 0 unspecified atom stereocenters. The molecule has 1 aliphatic rings. The average Bonchev–Trinajstić information content (AvgIpc) is 3.70. The summed E-state index contributed by atoms with van der Waals surface area (Å²) in [5, 5.41) is 3.26. The Morgan fingerprint density at radius 1 is 1.10 bits per heavy atom. The second kappa shape index (κ2) is 11.2. The fourth-order valence-electron chi connectivity index (χ4n) is 4.78. The third-order valence-electron chi connectivity index (χ3n) is 6.85. The highest BCUT2D eigenvalue weighted by molar-refractivity contribution is 7.92. The molecule has 3 aromatic carbocycles. The number of carbonyl (C=O) groups excluding carboxylic acids is 1. The van der Waals surface area contributed by atoms with Crippen LogP contribution in [0.1, 0.15) is 46.7 Å². The van der Waals surface area contributed by atoms with Crippen LogP contribution in [-0.2, 0) is 21.4 Å². The van der Waals surface area contributed by atoms with Crippen molar-refractivity contribution in [1.82, 2.24) is 5.32 Å². The van der Waals surface area contributed by atoms with Crippen LogP contribution in [0.25, 0.3) is 22.3 Å². The number of nitrogens with one attached hydrogen (secondary N) is 1. The number of sulfonamides is 1. The number of fused-ring (bicyclic) bond motifs is 1. The third-order valence-corrected chi connectivity index (χ3v) is 8.03. The van der Waals surface area contributed by atoms with Crippen LogP contribution in [0, 0.1) is 5.82 Å². The maximum Gasteiger partial charge on any atom is 0.255 e. The number of halogens is 1. The third kappa shape index (κ3) is 5.99. The number of ether oxygens (including phenoxy) is 1. The monoisotopic (exact) mass is 550 g/mol. The van der Waals surface area contributed by atoms with Crippen LogP contribution >= 0.6 is 0 Å². The Morgan fingerprint density at radius 2 is 1.82 bits per heavy atom. The van der Waals surface area contributed by atoms with Crippen molar-refractivity contribution >= 4 is 32.6 Å². The second-order valence-corrected chi connectivity index (χ2v) is 11.7. The first-order chi connectivity index (χ1) is 18.8. The molecule has 0 atom stereocenters. The van der Waals surface area contributed by atoms with Gasteiger partial charge in [0.05, 0.1) is 24.1 Å².